The molecule has 0 bridgehead atoms. The van der Waals surface area contributed by atoms with Crippen molar-refractivity contribution in [3.05, 3.63) is 48.5 Å². The third-order valence-electron chi connectivity index (χ3n) is 2.37. The van der Waals surface area contributed by atoms with E-state index >= 15 is 0 Å². The van der Waals surface area contributed by atoms with Crippen LogP contribution in [0.2, 0.25) is 0 Å². The molecule has 0 amide bonds. The van der Waals surface area contributed by atoms with Crippen LogP contribution < -0.4 is 5.73 Å². The zero-order chi connectivity index (χ0) is 12.5. The van der Waals surface area contributed by atoms with Crippen molar-refractivity contribution >= 4 is 25.6 Å². The molecule has 0 aromatic heterocycles. The molecule has 0 spiro atoms. The molecule has 3 N–H and O–H groups in total. The largest absolute Gasteiger partial charge is 0.399 e. The summed E-state index contributed by atoms with van der Waals surface area (Å²) in [6.45, 7) is 0. The van der Waals surface area contributed by atoms with E-state index in [1.807, 2.05) is 30.3 Å². The lowest BCUT2D eigenvalue weighted by Crippen LogP contribution is -2.00. The Morgan fingerprint density at radius 2 is 1.76 bits per heavy atom. The quantitative estimate of drug-likeness (QED) is 0.819. The lowest BCUT2D eigenvalue weighted by atomic mass is 10.1. The monoisotopic (exact) mass is 265 g/mol. The summed E-state index contributed by atoms with van der Waals surface area (Å²) in [4.78, 5) is 0.193. The molecule has 0 fully saturated rings. The molecule has 2 aromatic rings. The predicted molar refractivity (Wildman–Crippen MR) is 72.7 cm³/mol. The van der Waals surface area contributed by atoms with Crippen molar-refractivity contribution in [2.75, 3.05) is 5.73 Å². The first kappa shape index (κ1) is 12.0. The van der Waals surface area contributed by atoms with Crippen LogP contribution in [0.25, 0.3) is 11.1 Å². The minimum atomic E-state index is -3.45. The van der Waals surface area contributed by atoms with E-state index in [4.69, 9.17) is 5.73 Å². The Morgan fingerprint density at radius 3 is 2.35 bits per heavy atom. The SMILES string of the molecule is Nc1ccc(-c2ccccc2)c(S(=O)(O)=S)c1. The van der Waals surface area contributed by atoms with Gasteiger partial charge in [0.25, 0.3) is 0 Å². The average molecular weight is 265 g/mol. The summed E-state index contributed by atoms with van der Waals surface area (Å²) in [6.07, 6.45) is 0. The summed E-state index contributed by atoms with van der Waals surface area (Å²) >= 11 is 4.63. The Bertz CT molecular complexity index is 637. The normalized spacial score (nSPS) is 14.2. The van der Waals surface area contributed by atoms with Crippen molar-refractivity contribution in [3.8, 4) is 11.1 Å². The van der Waals surface area contributed by atoms with Gasteiger partial charge in [-0.25, -0.2) is 4.21 Å². The first-order valence-electron chi connectivity index (χ1n) is 4.91. The van der Waals surface area contributed by atoms with Gasteiger partial charge in [0.05, 0.1) is 4.90 Å². The fourth-order valence-corrected chi connectivity index (χ4v) is 2.77. The minimum absolute atomic E-state index is 0.193. The lowest BCUT2D eigenvalue weighted by molar-refractivity contribution is 0.562. The van der Waals surface area contributed by atoms with Gasteiger partial charge in [0.1, 0.15) is 0 Å². The highest BCUT2D eigenvalue weighted by Gasteiger charge is 2.13. The van der Waals surface area contributed by atoms with Crippen molar-refractivity contribution in [1.29, 1.82) is 0 Å². The average Bonchev–Trinajstić information content (AvgIpc) is 2.29. The third-order valence-corrected chi connectivity index (χ3v) is 3.80. The van der Waals surface area contributed by atoms with Gasteiger partial charge < -0.3 is 10.3 Å². The van der Waals surface area contributed by atoms with Crippen molar-refractivity contribution in [2.45, 2.75) is 4.90 Å². The molecule has 0 saturated heterocycles. The second-order valence-corrected chi connectivity index (χ2v) is 6.34. The number of rotatable bonds is 2. The highest BCUT2D eigenvalue weighted by Crippen LogP contribution is 2.28. The van der Waals surface area contributed by atoms with Gasteiger partial charge >= 0.3 is 0 Å². The molecule has 17 heavy (non-hydrogen) atoms. The second kappa shape index (κ2) is 4.44. The Balaban J connectivity index is 2.71. The summed E-state index contributed by atoms with van der Waals surface area (Å²) < 4.78 is 21.2. The molecule has 2 aromatic carbocycles. The Hall–Kier alpha value is -1.43. The van der Waals surface area contributed by atoms with E-state index in [2.05, 4.69) is 11.2 Å². The number of hydrogen-bond acceptors (Lipinski definition) is 3. The van der Waals surface area contributed by atoms with Crippen molar-refractivity contribution in [2.24, 2.45) is 0 Å². The fourth-order valence-electron chi connectivity index (χ4n) is 1.61. The summed E-state index contributed by atoms with van der Waals surface area (Å²) in [7, 11) is -3.45. The van der Waals surface area contributed by atoms with Crippen LogP contribution in [0.5, 0.6) is 0 Å². The van der Waals surface area contributed by atoms with Gasteiger partial charge in [0, 0.05) is 22.4 Å². The van der Waals surface area contributed by atoms with Gasteiger partial charge in [-0.1, -0.05) is 36.4 Å². The van der Waals surface area contributed by atoms with E-state index in [9.17, 15) is 8.76 Å². The van der Waals surface area contributed by atoms with Gasteiger partial charge in [-0.2, -0.15) is 0 Å². The highest BCUT2D eigenvalue weighted by molar-refractivity contribution is 8.29. The molecule has 0 aliphatic rings. The van der Waals surface area contributed by atoms with Crippen LogP contribution in [-0.4, -0.2) is 8.76 Å². The molecule has 0 aliphatic heterocycles. The van der Waals surface area contributed by atoms with Crippen LogP contribution in [0.1, 0.15) is 0 Å². The molecule has 0 radical (unpaired) electrons. The van der Waals surface area contributed by atoms with E-state index in [1.165, 1.54) is 6.07 Å². The maximum absolute atomic E-state index is 11.6. The summed E-state index contributed by atoms with van der Waals surface area (Å²) in [6, 6.07) is 14.2. The van der Waals surface area contributed by atoms with Crippen LogP contribution >= 0.6 is 0 Å². The molecule has 5 heteroatoms. The fraction of sp³-hybridized carbons (Fsp3) is 0. The van der Waals surface area contributed by atoms with Crippen LogP contribution in [-0.2, 0) is 20.0 Å². The van der Waals surface area contributed by atoms with Gasteiger partial charge in [-0.3, -0.25) is 0 Å². The van der Waals surface area contributed by atoms with Crippen LogP contribution in [0.3, 0.4) is 0 Å². The first-order valence-corrected chi connectivity index (χ1v) is 7.35. The maximum atomic E-state index is 11.6. The van der Waals surface area contributed by atoms with E-state index in [1.54, 1.807) is 12.1 Å². The Kier molecular flexibility index (Phi) is 3.15. The third kappa shape index (κ3) is 2.63. The van der Waals surface area contributed by atoms with Gasteiger partial charge in [-0.05, 0) is 17.7 Å². The molecule has 2 rings (SSSR count). The molecule has 3 nitrogen and oxygen atoms in total. The van der Waals surface area contributed by atoms with Crippen LogP contribution in [0.4, 0.5) is 5.69 Å². The van der Waals surface area contributed by atoms with Crippen molar-refractivity contribution in [1.82, 2.24) is 0 Å². The van der Waals surface area contributed by atoms with Gasteiger partial charge in [0.15, 0.2) is 8.77 Å². The van der Waals surface area contributed by atoms with Crippen molar-refractivity contribution in [3.63, 3.8) is 0 Å². The maximum Gasteiger partial charge on any atom is 0.171 e. The van der Waals surface area contributed by atoms with Crippen LogP contribution in [0.15, 0.2) is 53.4 Å². The molecule has 0 saturated carbocycles. The Morgan fingerprint density at radius 1 is 1.12 bits per heavy atom. The lowest BCUT2D eigenvalue weighted by Gasteiger charge is -2.09. The standard InChI is InChI=1S/C12H11NO2S2/c13-10-6-7-11(9-4-2-1-3-5-9)12(8-10)17(14,15)16/h1-8H,13H2,(H,14,15,16). The number of anilines is 1. The number of hydrogen-bond donors (Lipinski definition) is 2. The van der Waals surface area contributed by atoms with E-state index in [0.29, 0.717) is 11.3 Å². The number of nitrogens with two attached hydrogens (primary N) is 1. The molecule has 0 heterocycles. The highest BCUT2D eigenvalue weighted by atomic mass is 32.8. The molecule has 1 unspecified atom stereocenters. The van der Waals surface area contributed by atoms with E-state index in [0.717, 1.165) is 5.56 Å². The van der Waals surface area contributed by atoms with Gasteiger partial charge in [0.2, 0.25) is 0 Å². The summed E-state index contributed by atoms with van der Waals surface area (Å²) in [5, 5.41) is 0. The zero-order valence-electron chi connectivity index (χ0n) is 8.87. The van der Waals surface area contributed by atoms with Crippen molar-refractivity contribution < 1.29 is 8.76 Å². The minimum Gasteiger partial charge on any atom is -0.399 e. The summed E-state index contributed by atoms with van der Waals surface area (Å²) in [5.41, 5.74) is 7.52. The predicted octanol–water partition coefficient (Wildman–Crippen LogP) is 2.51. The molecule has 1 atom stereocenters. The number of nitrogen functional groups attached to an aromatic ring is 1. The molecule has 0 aliphatic carbocycles. The smallest absolute Gasteiger partial charge is 0.171 e. The van der Waals surface area contributed by atoms with E-state index in [-0.39, 0.29) is 4.90 Å². The second-order valence-electron chi connectivity index (χ2n) is 3.60. The summed E-state index contributed by atoms with van der Waals surface area (Å²) in [5.74, 6) is 0. The van der Waals surface area contributed by atoms with E-state index < -0.39 is 8.77 Å². The molecule has 88 valence electrons. The number of benzene rings is 2. The Labute approximate surface area is 105 Å². The van der Waals surface area contributed by atoms with Gasteiger partial charge in [-0.15, -0.1) is 0 Å². The topological polar surface area (TPSA) is 63.3 Å². The molecular formula is C12H11NO2S2. The zero-order valence-corrected chi connectivity index (χ0v) is 10.5. The molecular weight excluding hydrogens is 254 g/mol. The first-order chi connectivity index (χ1) is 7.98. The van der Waals surface area contributed by atoms with Crippen LogP contribution in [0, 0.1) is 0 Å².